The molecule has 1 rings (SSSR count). The van der Waals surface area contributed by atoms with Crippen LogP contribution < -0.4 is 5.73 Å². The van der Waals surface area contributed by atoms with Crippen LogP contribution in [0.4, 0.5) is 5.69 Å². The zero-order valence-corrected chi connectivity index (χ0v) is 13.7. The van der Waals surface area contributed by atoms with E-state index >= 15 is 0 Å². The Morgan fingerprint density at radius 3 is 1.80 bits per heavy atom. The smallest absolute Gasteiger partial charge is 0.0825 e. The van der Waals surface area contributed by atoms with Gasteiger partial charge < -0.3 is 5.73 Å². The molecular weight excluding hydrogens is 246 g/mol. The average molecular weight is 279 g/mol. The number of aromatic nitrogens is 2. The van der Waals surface area contributed by atoms with Gasteiger partial charge in [0.05, 0.1) is 17.1 Å². The molecule has 0 saturated carbocycles. The van der Waals surface area contributed by atoms with Gasteiger partial charge in [0.25, 0.3) is 0 Å². The molecule has 0 saturated heterocycles. The van der Waals surface area contributed by atoms with Gasteiger partial charge in [0.15, 0.2) is 0 Å². The topological polar surface area (TPSA) is 43.8 Å². The highest BCUT2D eigenvalue weighted by Crippen LogP contribution is 2.16. The summed E-state index contributed by atoms with van der Waals surface area (Å²) < 4.78 is 2.06. The zero-order chi connectivity index (χ0) is 14.8. The molecule has 1 heterocycles. The number of aryl methyl sites for hydroxylation is 2. The SMILES string of the molecule is CCCCCCCCCCCCn1nc(C)c(N)c1C. The predicted molar refractivity (Wildman–Crippen MR) is 88.0 cm³/mol. The first-order valence-corrected chi connectivity index (χ1v) is 8.46. The van der Waals surface area contributed by atoms with Gasteiger partial charge in [-0.2, -0.15) is 5.10 Å². The van der Waals surface area contributed by atoms with E-state index in [9.17, 15) is 0 Å². The molecule has 20 heavy (non-hydrogen) atoms. The van der Waals surface area contributed by atoms with Gasteiger partial charge in [-0.1, -0.05) is 64.7 Å². The van der Waals surface area contributed by atoms with Crippen LogP contribution in [0.15, 0.2) is 0 Å². The lowest BCUT2D eigenvalue weighted by Crippen LogP contribution is -2.03. The van der Waals surface area contributed by atoms with Crippen molar-refractivity contribution in [3.63, 3.8) is 0 Å². The molecule has 0 aliphatic heterocycles. The fourth-order valence-corrected chi connectivity index (χ4v) is 2.68. The second-order valence-electron chi connectivity index (χ2n) is 5.99. The van der Waals surface area contributed by atoms with Gasteiger partial charge in [0.1, 0.15) is 0 Å². The van der Waals surface area contributed by atoms with E-state index in [1.807, 2.05) is 6.92 Å². The maximum Gasteiger partial charge on any atom is 0.0825 e. The molecular formula is C17H33N3. The summed E-state index contributed by atoms with van der Waals surface area (Å²) >= 11 is 0. The fourth-order valence-electron chi connectivity index (χ4n) is 2.68. The number of anilines is 1. The third kappa shape index (κ3) is 5.98. The first-order chi connectivity index (χ1) is 9.66. The van der Waals surface area contributed by atoms with Gasteiger partial charge in [0, 0.05) is 6.54 Å². The molecule has 0 aromatic carbocycles. The molecule has 0 spiro atoms. The minimum Gasteiger partial charge on any atom is -0.396 e. The second kappa shape index (κ2) is 9.84. The Bertz CT molecular complexity index is 369. The molecule has 0 amide bonds. The van der Waals surface area contributed by atoms with Crippen LogP contribution in [-0.2, 0) is 6.54 Å². The zero-order valence-electron chi connectivity index (χ0n) is 13.7. The van der Waals surface area contributed by atoms with Crippen molar-refractivity contribution in [2.45, 2.75) is 91.5 Å². The quantitative estimate of drug-likeness (QED) is 0.579. The molecule has 0 bridgehead atoms. The van der Waals surface area contributed by atoms with Crippen molar-refractivity contribution < 1.29 is 0 Å². The first kappa shape index (κ1) is 17.1. The summed E-state index contributed by atoms with van der Waals surface area (Å²) in [6.45, 7) is 7.33. The van der Waals surface area contributed by atoms with Crippen LogP contribution in [0.3, 0.4) is 0 Å². The van der Waals surface area contributed by atoms with E-state index in [4.69, 9.17) is 5.73 Å². The molecule has 0 aliphatic rings. The molecule has 2 N–H and O–H groups in total. The monoisotopic (exact) mass is 279 g/mol. The number of rotatable bonds is 11. The summed E-state index contributed by atoms with van der Waals surface area (Å²) in [5.41, 5.74) is 8.89. The second-order valence-corrected chi connectivity index (χ2v) is 5.99. The minimum absolute atomic E-state index is 0.858. The van der Waals surface area contributed by atoms with Crippen molar-refractivity contribution in [3.05, 3.63) is 11.4 Å². The molecule has 0 atom stereocenters. The average Bonchev–Trinajstić information content (AvgIpc) is 2.68. The first-order valence-electron chi connectivity index (χ1n) is 8.46. The van der Waals surface area contributed by atoms with Crippen molar-refractivity contribution in [1.29, 1.82) is 0 Å². The standard InChI is InChI=1S/C17H33N3/c1-4-5-6-7-8-9-10-11-12-13-14-20-16(3)17(18)15(2)19-20/h4-14,18H2,1-3H3. The number of nitrogens with zero attached hydrogens (tertiary/aromatic N) is 2. The van der Waals surface area contributed by atoms with E-state index in [-0.39, 0.29) is 0 Å². The van der Waals surface area contributed by atoms with Crippen LogP contribution in [0.25, 0.3) is 0 Å². The van der Waals surface area contributed by atoms with Gasteiger partial charge in [0.2, 0.25) is 0 Å². The number of unbranched alkanes of at least 4 members (excludes halogenated alkanes) is 9. The molecule has 1 aromatic heterocycles. The third-order valence-corrected chi connectivity index (χ3v) is 4.16. The van der Waals surface area contributed by atoms with Crippen LogP contribution in [0.1, 0.15) is 82.5 Å². The summed E-state index contributed by atoms with van der Waals surface area (Å²) in [5.74, 6) is 0. The summed E-state index contributed by atoms with van der Waals surface area (Å²) in [6, 6.07) is 0. The van der Waals surface area contributed by atoms with Crippen molar-refractivity contribution in [2.75, 3.05) is 5.73 Å². The van der Waals surface area contributed by atoms with E-state index in [0.29, 0.717) is 0 Å². The molecule has 0 fully saturated rings. The van der Waals surface area contributed by atoms with Crippen molar-refractivity contribution in [2.24, 2.45) is 0 Å². The van der Waals surface area contributed by atoms with E-state index in [0.717, 1.165) is 23.6 Å². The molecule has 1 aromatic rings. The van der Waals surface area contributed by atoms with Gasteiger partial charge >= 0.3 is 0 Å². The summed E-state index contributed by atoms with van der Waals surface area (Å²) in [5, 5.41) is 4.48. The fraction of sp³-hybridized carbons (Fsp3) is 0.824. The largest absolute Gasteiger partial charge is 0.396 e. The Hall–Kier alpha value is -0.990. The van der Waals surface area contributed by atoms with Crippen LogP contribution >= 0.6 is 0 Å². The number of hydrogen-bond acceptors (Lipinski definition) is 2. The minimum atomic E-state index is 0.858. The van der Waals surface area contributed by atoms with Crippen molar-refractivity contribution in [1.82, 2.24) is 9.78 Å². The van der Waals surface area contributed by atoms with Gasteiger partial charge in [-0.25, -0.2) is 0 Å². The maximum absolute atomic E-state index is 5.94. The Balaban J connectivity index is 1.98. The van der Waals surface area contributed by atoms with Crippen molar-refractivity contribution >= 4 is 5.69 Å². The Labute approximate surface area is 124 Å². The van der Waals surface area contributed by atoms with Crippen LogP contribution in [0.5, 0.6) is 0 Å². The van der Waals surface area contributed by atoms with E-state index in [1.165, 1.54) is 64.2 Å². The Kier molecular flexibility index (Phi) is 8.40. The maximum atomic E-state index is 5.94. The van der Waals surface area contributed by atoms with Crippen LogP contribution in [0.2, 0.25) is 0 Å². The Morgan fingerprint density at radius 1 is 0.850 bits per heavy atom. The highest BCUT2D eigenvalue weighted by atomic mass is 15.3. The van der Waals surface area contributed by atoms with Crippen LogP contribution in [-0.4, -0.2) is 9.78 Å². The van der Waals surface area contributed by atoms with Gasteiger partial charge in [-0.15, -0.1) is 0 Å². The number of nitrogens with two attached hydrogens (primary N) is 1. The lowest BCUT2D eigenvalue weighted by Gasteiger charge is -2.05. The van der Waals surface area contributed by atoms with E-state index < -0.39 is 0 Å². The van der Waals surface area contributed by atoms with Crippen LogP contribution in [0, 0.1) is 13.8 Å². The highest BCUT2D eigenvalue weighted by molar-refractivity contribution is 5.46. The van der Waals surface area contributed by atoms with Gasteiger partial charge in [-0.05, 0) is 20.3 Å². The van der Waals surface area contributed by atoms with E-state index in [2.05, 4.69) is 23.6 Å². The molecule has 116 valence electrons. The molecule has 0 aliphatic carbocycles. The molecule has 0 unspecified atom stereocenters. The summed E-state index contributed by atoms with van der Waals surface area (Å²) in [7, 11) is 0. The summed E-state index contributed by atoms with van der Waals surface area (Å²) in [4.78, 5) is 0. The normalized spacial score (nSPS) is 11.2. The lowest BCUT2D eigenvalue weighted by molar-refractivity contribution is 0.508. The molecule has 3 heteroatoms. The highest BCUT2D eigenvalue weighted by Gasteiger charge is 2.06. The summed E-state index contributed by atoms with van der Waals surface area (Å²) in [6.07, 6.45) is 13.7. The van der Waals surface area contributed by atoms with E-state index in [1.54, 1.807) is 0 Å². The third-order valence-electron chi connectivity index (χ3n) is 4.16. The predicted octanol–water partition coefficient (Wildman–Crippen LogP) is 5.00. The molecule has 0 radical (unpaired) electrons. The number of nitrogen functional groups attached to an aromatic ring is 1. The number of hydrogen-bond donors (Lipinski definition) is 1. The lowest BCUT2D eigenvalue weighted by atomic mass is 10.1. The van der Waals surface area contributed by atoms with Gasteiger partial charge in [-0.3, -0.25) is 4.68 Å². The van der Waals surface area contributed by atoms with Crippen molar-refractivity contribution in [3.8, 4) is 0 Å². The Morgan fingerprint density at radius 2 is 1.35 bits per heavy atom. The molecule has 3 nitrogen and oxygen atoms in total.